The number of benzene rings is 1. The maximum Gasteiger partial charge on any atom is 0.221 e. The average molecular weight is 304 g/mol. The third-order valence-electron chi connectivity index (χ3n) is 3.99. The summed E-state index contributed by atoms with van der Waals surface area (Å²) in [4.78, 5) is 10.5. The number of aromatic nitrogens is 2. The van der Waals surface area contributed by atoms with Gasteiger partial charge in [-0.05, 0) is 43.0 Å². The van der Waals surface area contributed by atoms with Crippen LogP contribution in [0.25, 0.3) is 0 Å². The molecule has 1 fully saturated rings. The second-order valence-corrected chi connectivity index (χ2v) is 5.74. The molecule has 6 heteroatoms. The summed E-state index contributed by atoms with van der Waals surface area (Å²) in [7, 11) is 0. The largest absolute Gasteiger partial charge is 0.383 e. The van der Waals surface area contributed by atoms with Crippen LogP contribution in [0.2, 0.25) is 5.02 Å². The summed E-state index contributed by atoms with van der Waals surface area (Å²) in [6.07, 6.45) is 3.82. The fourth-order valence-electron chi connectivity index (χ4n) is 2.83. The van der Waals surface area contributed by atoms with Crippen LogP contribution >= 0.6 is 11.6 Å². The molecule has 1 aromatic carbocycles. The summed E-state index contributed by atoms with van der Waals surface area (Å²) in [6, 6.07) is 7.97. The molecule has 2 aromatic rings. The standard InChI is InChI=1S/C15H18ClN5/c16-11-1-3-12(4-2-11)21-7-5-10(6-8-21)13-9-19-15(18)20-14(13)17/h1-4,9-10H,5-8H2,(H4,17,18,19,20). The Balaban J connectivity index is 1.68. The molecule has 1 saturated heterocycles. The van der Waals surface area contributed by atoms with E-state index in [-0.39, 0.29) is 5.95 Å². The Morgan fingerprint density at radius 1 is 1.10 bits per heavy atom. The molecule has 0 amide bonds. The summed E-state index contributed by atoms with van der Waals surface area (Å²) >= 11 is 5.93. The highest BCUT2D eigenvalue weighted by Gasteiger charge is 2.23. The number of rotatable bonds is 2. The number of nitrogens with zero attached hydrogens (tertiary/aromatic N) is 3. The van der Waals surface area contributed by atoms with Gasteiger partial charge in [-0.3, -0.25) is 0 Å². The summed E-state index contributed by atoms with van der Waals surface area (Å²) in [5.74, 6) is 1.14. The van der Waals surface area contributed by atoms with Gasteiger partial charge in [0.25, 0.3) is 0 Å². The highest BCUT2D eigenvalue weighted by Crippen LogP contribution is 2.32. The van der Waals surface area contributed by atoms with Crippen LogP contribution in [0.4, 0.5) is 17.5 Å². The van der Waals surface area contributed by atoms with Crippen molar-refractivity contribution in [3.63, 3.8) is 0 Å². The molecule has 0 unspecified atom stereocenters. The van der Waals surface area contributed by atoms with E-state index in [9.17, 15) is 0 Å². The van der Waals surface area contributed by atoms with E-state index in [0.29, 0.717) is 11.7 Å². The van der Waals surface area contributed by atoms with Crippen molar-refractivity contribution in [2.75, 3.05) is 29.5 Å². The number of hydrogen-bond donors (Lipinski definition) is 2. The van der Waals surface area contributed by atoms with Gasteiger partial charge in [-0.1, -0.05) is 11.6 Å². The van der Waals surface area contributed by atoms with Crippen LogP contribution in [0.15, 0.2) is 30.5 Å². The van der Waals surface area contributed by atoms with Crippen LogP contribution in [0.3, 0.4) is 0 Å². The normalized spacial score (nSPS) is 16.1. The fraction of sp³-hybridized carbons (Fsp3) is 0.333. The molecule has 4 N–H and O–H groups in total. The third-order valence-corrected chi connectivity index (χ3v) is 4.25. The Morgan fingerprint density at radius 2 is 1.76 bits per heavy atom. The van der Waals surface area contributed by atoms with E-state index >= 15 is 0 Å². The average Bonchev–Trinajstić information content (AvgIpc) is 2.48. The summed E-state index contributed by atoms with van der Waals surface area (Å²) in [6.45, 7) is 1.96. The van der Waals surface area contributed by atoms with Crippen molar-refractivity contribution in [2.24, 2.45) is 0 Å². The zero-order valence-electron chi connectivity index (χ0n) is 11.7. The summed E-state index contributed by atoms with van der Waals surface area (Å²) in [5, 5.41) is 0.764. The lowest BCUT2D eigenvalue weighted by molar-refractivity contribution is 0.504. The molecule has 1 aromatic heterocycles. The topological polar surface area (TPSA) is 81.1 Å². The minimum atomic E-state index is 0.231. The van der Waals surface area contributed by atoms with Gasteiger partial charge in [-0.15, -0.1) is 0 Å². The molecule has 0 spiro atoms. The van der Waals surface area contributed by atoms with E-state index in [0.717, 1.165) is 36.5 Å². The lowest BCUT2D eigenvalue weighted by atomic mass is 9.90. The number of piperidine rings is 1. The van der Waals surface area contributed by atoms with Crippen molar-refractivity contribution in [2.45, 2.75) is 18.8 Å². The number of nitrogens with two attached hydrogens (primary N) is 2. The van der Waals surface area contributed by atoms with E-state index in [1.165, 1.54) is 5.69 Å². The second-order valence-electron chi connectivity index (χ2n) is 5.31. The van der Waals surface area contributed by atoms with Crippen LogP contribution in [-0.4, -0.2) is 23.1 Å². The fourth-order valence-corrected chi connectivity index (χ4v) is 2.96. The Bertz CT molecular complexity index is 620. The SMILES string of the molecule is Nc1ncc(C2CCN(c3ccc(Cl)cc3)CC2)c(N)n1. The number of anilines is 3. The third kappa shape index (κ3) is 3.03. The van der Waals surface area contributed by atoms with Crippen molar-refractivity contribution in [1.82, 2.24) is 9.97 Å². The van der Waals surface area contributed by atoms with Crippen molar-refractivity contribution >= 4 is 29.1 Å². The minimum Gasteiger partial charge on any atom is -0.383 e. The van der Waals surface area contributed by atoms with Crippen molar-refractivity contribution in [3.8, 4) is 0 Å². The van der Waals surface area contributed by atoms with E-state index in [1.54, 1.807) is 6.20 Å². The molecule has 5 nitrogen and oxygen atoms in total. The van der Waals surface area contributed by atoms with Crippen LogP contribution in [-0.2, 0) is 0 Å². The first-order valence-corrected chi connectivity index (χ1v) is 7.39. The van der Waals surface area contributed by atoms with Crippen LogP contribution < -0.4 is 16.4 Å². The molecular formula is C15H18ClN5. The van der Waals surface area contributed by atoms with Crippen LogP contribution in [0, 0.1) is 0 Å². The molecule has 0 radical (unpaired) electrons. The number of halogens is 1. The van der Waals surface area contributed by atoms with E-state index in [2.05, 4.69) is 27.0 Å². The molecule has 1 aliphatic heterocycles. The Hall–Kier alpha value is -2.01. The Morgan fingerprint density at radius 3 is 2.38 bits per heavy atom. The van der Waals surface area contributed by atoms with Gasteiger partial charge in [0, 0.05) is 35.6 Å². The van der Waals surface area contributed by atoms with Crippen LogP contribution in [0.5, 0.6) is 0 Å². The number of hydrogen-bond acceptors (Lipinski definition) is 5. The van der Waals surface area contributed by atoms with E-state index < -0.39 is 0 Å². The lowest BCUT2D eigenvalue weighted by Crippen LogP contribution is -2.33. The highest BCUT2D eigenvalue weighted by molar-refractivity contribution is 6.30. The zero-order chi connectivity index (χ0) is 14.8. The van der Waals surface area contributed by atoms with Gasteiger partial charge in [-0.2, -0.15) is 4.98 Å². The smallest absolute Gasteiger partial charge is 0.221 e. The van der Waals surface area contributed by atoms with Gasteiger partial charge in [0.15, 0.2) is 0 Å². The maximum atomic E-state index is 5.96. The van der Waals surface area contributed by atoms with Crippen molar-refractivity contribution in [1.29, 1.82) is 0 Å². The second kappa shape index (κ2) is 5.77. The molecule has 0 bridgehead atoms. The van der Waals surface area contributed by atoms with E-state index in [1.807, 2.05) is 12.1 Å². The van der Waals surface area contributed by atoms with E-state index in [4.69, 9.17) is 23.1 Å². The van der Waals surface area contributed by atoms with Gasteiger partial charge >= 0.3 is 0 Å². The quantitative estimate of drug-likeness (QED) is 0.891. The molecule has 3 rings (SSSR count). The van der Waals surface area contributed by atoms with Crippen LogP contribution in [0.1, 0.15) is 24.3 Å². The lowest BCUT2D eigenvalue weighted by Gasteiger charge is -2.34. The first-order valence-electron chi connectivity index (χ1n) is 7.02. The molecule has 21 heavy (non-hydrogen) atoms. The van der Waals surface area contributed by atoms with Gasteiger partial charge in [0.1, 0.15) is 5.82 Å². The Labute approximate surface area is 128 Å². The van der Waals surface area contributed by atoms with Gasteiger partial charge in [-0.25, -0.2) is 4.98 Å². The first-order chi connectivity index (χ1) is 10.1. The monoisotopic (exact) mass is 303 g/mol. The molecule has 0 saturated carbocycles. The predicted molar refractivity (Wildman–Crippen MR) is 86.5 cm³/mol. The molecule has 1 aliphatic rings. The van der Waals surface area contributed by atoms with Crippen molar-refractivity contribution in [3.05, 3.63) is 41.0 Å². The number of nitrogen functional groups attached to an aromatic ring is 2. The van der Waals surface area contributed by atoms with Gasteiger partial charge in [0.2, 0.25) is 5.95 Å². The zero-order valence-corrected chi connectivity index (χ0v) is 12.4. The van der Waals surface area contributed by atoms with Gasteiger partial charge < -0.3 is 16.4 Å². The summed E-state index contributed by atoms with van der Waals surface area (Å²) < 4.78 is 0. The molecule has 110 valence electrons. The first kappa shape index (κ1) is 13.9. The molecular weight excluding hydrogens is 286 g/mol. The minimum absolute atomic E-state index is 0.231. The molecule has 2 heterocycles. The van der Waals surface area contributed by atoms with Crippen molar-refractivity contribution < 1.29 is 0 Å². The Kier molecular flexibility index (Phi) is 3.84. The maximum absolute atomic E-state index is 5.96. The van der Waals surface area contributed by atoms with Gasteiger partial charge in [0.05, 0.1) is 0 Å². The predicted octanol–water partition coefficient (Wildman–Crippen LogP) is 2.68. The molecule has 0 atom stereocenters. The summed E-state index contributed by atoms with van der Waals surface area (Å²) in [5.41, 5.74) is 13.7. The highest BCUT2D eigenvalue weighted by atomic mass is 35.5. The molecule has 0 aliphatic carbocycles.